The molecule has 0 radical (unpaired) electrons. The van der Waals surface area contributed by atoms with Crippen LogP contribution in [0.15, 0.2) is 42.5 Å². The Morgan fingerprint density at radius 1 is 1.10 bits per heavy atom. The zero-order valence-electron chi connectivity index (χ0n) is 12.3. The summed E-state index contributed by atoms with van der Waals surface area (Å²) in [5.74, 6) is 0. The van der Waals surface area contributed by atoms with E-state index >= 15 is 0 Å². The summed E-state index contributed by atoms with van der Waals surface area (Å²) >= 11 is 6.09. The van der Waals surface area contributed by atoms with Crippen LogP contribution in [0.25, 0.3) is 0 Å². The number of nitrogens with one attached hydrogen (secondary N) is 1. The Balaban J connectivity index is 2.19. The predicted molar refractivity (Wildman–Crippen MR) is 87.5 cm³/mol. The summed E-state index contributed by atoms with van der Waals surface area (Å²) in [6.45, 7) is 3.81. The predicted octanol–water partition coefficient (Wildman–Crippen LogP) is 4.00. The van der Waals surface area contributed by atoms with Gasteiger partial charge in [-0.1, -0.05) is 41.4 Å². The van der Waals surface area contributed by atoms with Gasteiger partial charge in [-0.15, -0.1) is 0 Å². The minimum Gasteiger partial charge on any atom is -0.370 e. The molecule has 0 aliphatic heterocycles. The first-order valence-electron chi connectivity index (χ1n) is 6.80. The molecule has 2 aromatic carbocycles. The van der Waals surface area contributed by atoms with E-state index in [1.165, 1.54) is 22.4 Å². The van der Waals surface area contributed by atoms with Gasteiger partial charge in [-0.2, -0.15) is 0 Å². The van der Waals surface area contributed by atoms with Crippen LogP contribution in [-0.4, -0.2) is 14.1 Å². The molecule has 1 N–H and O–H groups in total. The van der Waals surface area contributed by atoms with E-state index in [2.05, 4.69) is 54.5 Å². The summed E-state index contributed by atoms with van der Waals surface area (Å²) in [6, 6.07) is 14.7. The third-order valence-corrected chi connectivity index (χ3v) is 3.60. The lowest BCUT2D eigenvalue weighted by Crippen LogP contribution is -2.19. The van der Waals surface area contributed by atoms with Crippen LogP contribution in [0.1, 0.15) is 16.7 Å². The zero-order chi connectivity index (χ0) is 14.5. The molecule has 0 atom stereocenters. The molecule has 106 valence electrons. The second-order valence-corrected chi connectivity index (χ2v) is 5.58. The van der Waals surface area contributed by atoms with Crippen molar-refractivity contribution in [3.63, 3.8) is 0 Å². The normalized spacial score (nSPS) is 10.6. The summed E-state index contributed by atoms with van der Waals surface area (Å²) in [7, 11) is 4.06. The first kappa shape index (κ1) is 14.9. The molecular weight excluding hydrogens is 268 g/mol. The molecule has 2 nitrogen and oxygen atoms in total. The number of nitrogens with zero attached hydrogens (tertiary/aromatic N) is 1. The molecule has 0 heterocycles. The average molecular weight is 289 g/mol. The molecule has 0 bridgehead atoms. The topological polar surface area (TPSA) is 15.3 Å². The molecule has 0 amide bonds. The fraction of sp³-hybridized carbons (Fsp3) is 0.294. The molecule has 3 heteroatoms. The fourth-order valence-corrected chi connectivity index (χ4v) is 2.51. The first-order valence-corrected chi connectivity index (χ1v) is 7.17. The van der Waals surface area contributed by atoms with Crippen molar-refractivity contribution in [3.8, 4) is 0 Å². The van der Waals surface area contributed by atoms with Crippen molar-refractivity contribution < 1.29 is 0 Å². The highest BCUT2D eigenvalue weighted by atomic mass is 35.5. The molecule has 0 saturated carbocycles. The Morgan fingerprint density at radius 3 is 2.45 bits per heavy atom. The van der Waals surface area contributed by atoms with Gasteiger partial charge in [0.25, 0.3) is 0 Å². The second-order valence-electron chi connectivity index (χ2n) is 5.15. The van der Waals surface area contributed by atoms with Gasteiger partial charge in [0.15, 0.2) is 0 Å². The van der Waals surface area contributed by atoms with E-state index in [-0.39, 0.29) is 0 Å². The van der Waals surface area contributed by atoms with Crippen LogP contribution in [0.4, 0.5) is 5.69 Å². The van der Waals surface area contributed by atoms with Crippen LogP contribution in [0.5, 0.6) is 0 Å². The Labute approximate surface area is 126 Å². The van der Waals surface area contributed by atoms with E-state index in [1.807, 2.05) is 19.2 Å². The highest BCUT2D eigenvalue weighted by molar-refractivity contribution is 6.30. The van der Waals surface area contributed by atoms with E-state index in [4.69, 9.17) is 11.6 Å². The Kier molecular flexibility index (Phi) is 5.05. The van der Waals surface area contributed by atoms with Gasteiger partial charge in [0.2, 0.25) is 0 Å². The first-order chi connectivity index (χ1) is 9.60. The maximum atomic E-state index is 6.09. The van der Waals surface area contributed by atoms with E-state index in [0.29, 0.717) is 0 Å². The van der Waals surface area contributed by atoms with Gasteiger partial charge in [0.1, 0.15) is 0 Å². The maximum Gasteiger partial charge on any atom is 0.0426 e. The van der Waals surface area contributed by atoms with Crippen molar-refractivity contribution in [2.24, 2.45) is 0 Å². The van der Waals surface area contributed by atoms with E-state index in [1.54, 1.807) is 0 Å². The lowest BCUT2D eigenvalue weighted by Gasteiger charge is -2.23. The molecule has 0 aliphatic rings. The molecule has 2 aromatic rings. The average Bonchev–Trinajstić information content (AvgIpc) is 2.42. The Morgan fingerprint density at radius 2 is 1.80 bits per heavy atom. The zero-order valence-corrected chi connectivity index (χ0v) is 13.0. The number of rotatable bonds is 5. The largest absolute Gasteiger partial charge is 0.370 e. The summed E-state index contributed by atoms with van der Waals surface area (Å²) < 4.78 is 0. The van der Waals surface area contributed by atoms with Crippen molar-refractivity contribution in [3.05, 3.63) is 64.2 Å². The number of halogens is 1. The molecule has 2 rings (SSSR count). The molecule has 0 aromatic heterocycles. The van der Waals surface area contributed by atoms with Crippen LogP contribution in [0.3, 0.4) is 0 Å². The maximum absolute atomic E-state index is 6.09. The summed E-state index contributed by atoms with van der Waals surface area (Å²) in [5, 5.41) is 3.97. The van der Waals surface area contributed by atoms with Crippen molar-refractivity contribution in [1.82, 2.24) is 5.32 Å². The van der Waals surface area contributed by atoms with Crippen LogP contribution in [-0.2, 0) is 13.1 Å². The van der Waals surface area contributed by atoms with Gasteiger partial charge in [-0.3, -0.25) is 0 Å². The molecule has 0 unspecified atom stereocenters. The molecule has 0 aliphatic carbocycles. The molecule has 20 heavy (non-hydrogen) atoms. The quantitative estimate of drug-likeness (QED) is 0.894. The van der Waals surface area contributed by atoms with E-state index < -0.39 is 0 Å². The second kappa shape index (κ2) is 6.78. The SMILES string of the molecule is CNCc1cc(Cl)ccc1N(C)Cc1ccc(C)cc1. The lowest BCUT2D eigenvalue weighted by atomic mass is 10.1. The van der Waals surface area contributed by atoms with E-state index in [9.17, 15) is 0 Å². The fourth-order valence-electron chi connectivity index (χ4n) is 2.31. The Hall–Kier alpha value is -1.51. The monoisotopic (exact) mass is 288 g/mol. The van der Waals surface area contributed by atoms with Crippen LogP contribution in [0, 0.1) is 6.92 Å². The lowest BCUT2D eigenvalue weighted by molar-refractivity contribution is 0.805. The highest BCUT2D eigenvalue weighted by Gasteiger charge is 2.08. The van der Waals surface area contributed by atoms with Crippen molar-refractivity contribution in [2.45, 2.75) is 20.0 Å². The van der Waals surface area contributed by atoms with Gasteiger partial charge in [0, 0.05) is 30.8 Å². The standard InChI is InChI=1S/C17H21ClN2/c1-13-4-6-14(7-5-13)12-20(3)17-9-8-16(18)10-15(17)11-19-2/h4-10,19H,11-12H2,1-3H3. The van der Waals surface area contributed by atoms with Crippen molar-refractivity contribution >= 4 is 17.3 Å². The van der Waals surface area contributed by atoms with Crippen LogP contribution < -0.4 is 10.2 Å². The third-order valence-electron chi connectivity index (χ3n) is 3.36. The molecule has 0 fully saturated rings. The van der Waals surface area contributed by atoms with Crippen molar-refractivity contribution in [2.75, 3.05) is 19.0 Å². The van der Waals surface area contributed by atoms with Gasteiger partial charge in [0.05, 0.1) is 0 Å². The number of benzene rings is 2. The number of anilines is 1. The van der Waals surface area contributed by atoms with Crippen LogP contribution >= 0.6 is 11.6 Å². The highest BCUT2D eigenvalue weighted by Crippen LogP contribution is 2.24. The summed E-state index contributed by atoms with van der Waals surface area (Å²) in [4.78, 5) is 2.26. The molecular formula is C17H21ClN2. The number of aryl methyl sites for hydroxylation is 1. The number of hydrogen-bond acceptors (Lipinski definition) is 2. The van der Waals surface area contributed by atoms with Crippen molar-refractivity contribution in [1.29, 1.82) is 0 Å². The summed E-state index contributed by atoms with van der Waals surface area (Å²) in [5.41, 5.74) is 5.03. The minimum absolute atomic E-state index is 0.780. The van der Waals surface area contributed by atoms with Gasteiger partial charge < -0.3 is 10.2 Å². The van der Waals surface area contributed by atoms with E-state index in [0.717, 1.165) is 18.1 Å². The molecule has 0 spiro atoms. The third kappa shape index (κ3) is 3.75. The van der Waals surface area contributed by atoms with Crippen LogP contribution in [0.2, 0.25) is 5.02 Å². The Bertz CT molecular complexity index is 564. The summed E-state index contributed by atoms with van der Waals surface area (Å²) in [6.07, 6.45) is 0. The van der Waals surface area contributed by atoms with Gasteiger partial charge in [-0.25, -0.2) is 0 Å². The minimum atomic E-state index is 0.780. The number of hydrogen-bond donors (Lipinski definition) is 1. The smallest absolute Gasteiger partial charge is 0.0426 e. The van der Waals surface area contributed by atoms with Gasteiger partial charge in [-0.05, 0) is 43.3 Å². The molecule has 0 saturated heterocycles. The van der Waals surface area contributed by atoms with Gasteiger partial charge >= 0.3 is 0 Å².